The maximum absolute atomic E-state index is 12.4. The van der Waals surface area contributed by atoms with Crippen LogP contribution in [-0.2, 0) is 16.0 Å². The summed E-state index contributed by atoms with van der Waals surface area (Å²) >= 11 is 0. The molecule has 0 bridgehead atoms. The van der Waals surface area contributed by atoms with Crippen molar-refractivity contribution in [3.05, 3.63) is 35.4 Å². The highest BCUT2D eigenvalue weighted by atomic mass is 16.2. The van der Waals surface area contributed by atoms with Crippen LogP contribution in [0.4, 0.5) is 0 Å². The average molecular weight is 374 g/mol. The smallest absolute Gasteiger partial charge is 0.234 e. The molecular weight excluding hydrogens is 338 g/mol. The third kappa shape index (κ3) is 6.65. The van der Waals surface area contributed by atoms with Gasteiger partial charge in [-0.3, -0.25) is 14.5 Å². The van der Waals surface area contributed by atoms with Gasteiger partial charge in [-0.2, -0.15) is 0 Å². The van der Waals surface area contributed by atoms with Crippen LogP contribution in [0.15, 0.2) is 24.3 Å². The number of nitrogens with one attached hydrogen (secondary N) is 1. The maximum Gasteiger partial charge on any atom is 0.234 e. The number of piperazine rings is 1. The van der Waals surface area contributed by atoms with Gasteiger partial charge in [0.2, 0.25) is 11.8 Å². The molecule has 0 saturated carbocycles. The first-order chi connectivity index (χ1) is 12.8. The molecule has 2 amide bonds. The van der Waals surface area contributed by atoms with E-state index in [0.717, 1.165) is 25.1 Å². The SMILES string of the molecule is CC(C)Cc1ccc([C@@H](C)NC(=O)CN2CCN(C(=O)C(C)C)CC2)cc1. The Hall–Kier alpha value is -1.88. The highest BCUT2D eigenvalue weighted by molar-refractivity contribution is 5.79. The van der Waals surface area contributed by atoms with Gasteiger partial charge < -0.3 is 10.2 Å². The summed E-state index contributed by atoms with van der Waals surface area (Å²) in [4.78, 5) is 28.5. The zero-order valence-electron chi connectivity index (χ0n) is 17.5. The van der Waals surface area contributed by atoms with E-state index in [4.69, 9.17) is 0 Å². The Kier molecular flexibility index (Phi) is 7.84. The van der Waals surface area contributed by atoms with Crippen LogP contribution >= 0.6 is 0 Å². The molecular formula is C22H35N3O2. The number of carbonyl (C=O) groups excluding carboxylic acids is 2. The first-order valence-corrected chi connectivity index (χ1v) is 10.2. The van der Waals surface area contributed by atoms with E-state index in [1.54, 1.807) is 0 Å². The predicted molar refractivity (Wildman–Crippen MR) is 109 cm³/mol. The monoisotopic (exact) mass is 373 g/mol. The van der Waals surface area contributed by atoms with Gasteiger partial charge in [-0.25, -0.2) is 0 Å². The van der Waals surface area contributed by atoms with E-state index >= 15 is 0 Å². The van der Waals surface area contributed by atoms with E-state index in [1.807, 2.05) is 25.7 Å². The number of hydrogen-bond donors (Lipinski definition) is 1. The van der Waals surface area contributed by atoms with Crippen LogP contribution in [0.2, 0.25) is 0 Å². The molecule has 5 heteroatoms. The summed E-state index contributed by atoms with van der Waals surface area (Å²) in [5.41, 5.74) is 2.46. The molecule has 1 aliphatic rings. The number of carbonyl (C=O) groups is 2. The molecule has 1 aromatic rings. The molecule has 0 unspecified atom stereocenters. The van der Waals surface area contributed by atoms with Crippen molar-refractivity contribution in [1.29, 1.82) is 0 Å². The van der Waals surface area contributed by atoms with Crippen molar-refractivity contribution in [2.75, 3.05) is 32.7 Å². The largest absolute Gasteiger partial charge is 0.348 e. The van der Waals surface area contributed by atoms with Gasteiger partial charge in [-0.15, -0.1) is 0 Å². The van der Waals surface area contributed by atoms with E-state index in [2.05, 4.69) is 48.3 Å². The van der Waals surface area contributed by atoms with Crippen molar-refractivity contribution in [3.63, 3.8) is 0 Å². The molecule has 1 heterocycles. The van der Waals surface area contributed by atoms with Crippen LogP contribution in [0, 0.1) is 11.8 Å². The summed E-state index contributed by atoms with van der Waals surface area (Å²) in [6, 6.07) is 8.53. The van der Waals surface area contributed by atoms with Gasteiger partial charge in [0.15, 0.2) is 0 Å². The minimum absolute atomic E-state index is 0.00518. The normalized spacial score (nSPS) is 16.6. The summed E-state index contributed by atoms with van der Waals surface area (Å²) in [5.74, 6) is 0.919. The highest BCUT2D eigenvalue weighted by Gasteiger charge is 2.24. The van der Waals surface area contributed by atoms with Crippen molar-refractivity contribution >= 4 is 11.8 Å². The molecule has 27 heavy (non-hydrogen) atoms. The molecule has 0 spiro atoms. The average Bonchev–Trinajstić information content (AvgIpc) is 2.61. The molecule has 1 fully saturated rings. The highest BCUT2D eigenvalue weighted by Crippen LogP contribution is 2.15. The second-order valence-corrected chi connectivity index (χ2v) is 8.38. The second kappa shape index (κ2) is 9.88. The third-order valence-corrected chi connectivity index (χ3v) is 5.05. The molecule has 150 valence electrons. The van der Waals surface area contributed by atoms with E-state index in [9.17, 15) is 9.59 Å². The van der Waals surface area contributed by atoms with Crippen LogP contribution in [-0.4, -0.2) is 54.3 Å². The zero-order chi connectivity index (χ0) is 20.0. The van der Waals surface area contributed by atoms with Gasteiger partial charge in [0.1, 0.15) is 0 Å². The van der Waals surface area contributed by atoms with E-state index in [0.29, 0.717) is 25.6 Å². The van der Waals surface area contributed by atoms with Crippen LogP contribution in [0.25, 0.3) is 0 Å². The number of benzene rings is 1. The number of hydrogen-bond acceptors (Lipinski definition) is 3. The first-order valence-electron chi connectivity index (χ1n) is 10.2. The minimum atomic E-state index is -0.00518. The fourth-order valence-electron chi connectivity index (χ4n) is 3.48. The first kappa shape index (κ1) is 21.4. The summed E-state index contributed by atoms with van der Waals surface area (Å²) in [6.07, 6.45) is 1.08. The lowest BCUT2D eigenvalue weighted by molar-refractivity contribution is -0.136. The van der Waals surface area contributed by atoms with Crippen LogP contribution in [0.1, 0.15) is 51.8 Å². The van der Waals surface area contributed by atoms with Crippen molar-refractivity contribution < 1.29 is 9.59 Å². The Labute approximate surface area is 164 Å². The molecule has 2 rings (SSSR count). The lowest BCUT2D eigenvalue weighted by atomic mass is 10.00. The number of amides is 2. The molecule has 1 aliphatic heterocycles. The maximum atomic E-state index is 12.4. The van der Waals surface area contributed by atoms with Crippen LogP contribution in [0.3, 0.4) is 0 Å². The predicted octanol–water partition coefficient (Wildman–Crippen LogP) is 2.86. The Balaban J connectivity index is 1.78. The number of rotatable bonds is 7. The van der Waals surface area contributed by atoms with E-state index < -0.39 is 0 Å². The fraction of sp³-hybridized carbons (Fsp3) is 0.636. The molecule has 5 nitrogen and oxygen atoms in total. The van der Waals surface area contributed by atoms with E-state index in [1.165, 1.54) is 5.56 Å². The Morgan fingerprint density at radius 2 is 1.56 bits per heavy atom. The fourth-order valence-corrected chi connectivity index (χ4v) is 3.48. The van der Waals surface area contributed by atoms with Crippen molar-refractivity contribution in [3.8, 4) is 0 Å². The van der Waals surface area contributed by atoms with Crippen molar-refractivity contribution in [2.24, 2.45) is 11.8 Å². The summed E-state index contributed by atoms with van der Waals surface area (Å²) < 4.78 is 0. The molecule has 1 saturated heterocycles. The van der Waals surface area contributed by atoms with Gasteiger partial charge in [-0.05, 0) is 30.4 Å². The van der Waals surface area contributed by atoms with Gasteiger partial charge in [0.05, 0.1) is 12.6 Å². The van der Waals surface area contributed by atoms with E-state index in [-0.39, 0.29) is 23.8 Å². The topological polar surface area (TPSA) is 52.7 Å². The van der Waals surface area contributed by atoms with Gasteiger partial charge in [0.25, 0.3) is 0 Å². The molecule has 1 N–H and O–H groups in total. The molecule has 1 atom stereocenters. The molecule has 1 aromatic carbocycles. The summed E-state index contributed by atoms with van der Waals surface area (Å²) in [6.45, 7) is 13.6. The quantitative estimate of drug-likeness (QED) is 0.800. The van der Waals surface area contributed by atoms with Crippen molar-refractivity contribution in [2.45, 2.75) is 47.1 Å². The molecule has 0 aromatic heterocycles. The summed E-state index contributed by atoms with van der Waals surface area (Å²) in [5, 5.41) is 3.09. The lowest BCUT2D eigenvalue weighted by Crippen LogP contribution is -2.52. The molecule has 0 aliphatic carbocycles. The third-order valence-electron chi connectivity index (χ3n) is 5.05. The van der Waals surface area contributed by atoms with Gasteiger partial charge >= 0.3 is 0 Å². The second-order valence-electron chi connectivity index (χ2n) is 8.38. The lowest BCUT2D eigenvalue weighted by Gasteiger charge is -2.35. The minimum Gasteiger partial charge on any atom is -0.348 e. The Morgan fingerprint density at radius 3 is 2.07 bits per heavy atom. The van der Waals surface area contributed by atoms with Crippen LogP contribution in [0.5, 0.6) is 0 Å². The molecule has 0 radical (unpaired) electrons. The standard InChI is InChI=1S/C22H35N3O2/c1-16(2)14-19-6-8-20(9-7-19)18(5)23-21(26)15-24-10-12-25(13-11-24)22(27)17(3)4/h6-9,16-18H,10-15H2,1-5H3,(H,23,26)/t18-/m1/s1. The number of nitrogens with zero attached hydrogens (tertiary/aromatic N) is 2. The van der Waals surface area contributed by atoms with Crippen LogP contribution < -0.4 is 5.32 Å². The van der Waals surface area contributed by atoms with Crippen molar-refractivity contribution in [1.82, 2.24) is 15.1 Å². The Morgan fingerprint density at radius 1 is 0.963 bits per heavy atom. The zero-order valence-corrected chi connectivity index (χ0v) is 17.5. The van der Waals surface area contributed by atoms with Gasteiger partial charge in [0, 0.05) is 32.1 Å². The summed E-state index contributed by atoms with van der Waals surface area (Å²) in [7, 11) is 0. The van der Waals surface area contributed by atoms with Gasteiger partial charge in [-0.1, -0.05) is 52.0 Å². The Bertz CT molecular complexity index is 617.